The van der Waals surface area contributed by atoms with Crippen LogP contribution in [0.1, 0.15) is 70.0 Å². The summed E-state index contributed by atoms with van der Waals surface area (Å²) in [6.45, 7) is 6.54. The monoisotopic (exact) mass is 384 g/mol. The predicted molar refractivity (Wildman–Crippen MR) is 108 cm³/mol. The summed E-state index contributed by atoms with van der Waals surface area (Å²) in [6.07, 6.45) is 4.85. The van der Waals surface area contributed by atoms with E-state index < -0.39 is 0 Å². The zero-order valence-corrected chi connectivity index (χ0v) is 17.2. The lowest BCUT2D eigenvalue weighted by molar-refractivity contribution is -0.140. The highest BCUT2D eigenvalue weighted by Crippen LogP contribution is 2.37. The van der Waals surface area contributed by atoms with Crippen molar-refractivity contribution in [3.8, 4) is 0 Å². The molecule has 1 aromatic rings. The minimum Gasteiger partial charge on any atom is -0.350 e. The Morgan fingerprint density at radius 3 is 2.14 bits per heavy atom. The number of likely N-dealkylation sites (tertiary alicyclic amines) is 1. The Kier molecular flexibility index (Phi) is 6.53. The van der Waals surface area contributed by atoms with E-state index in [2.05, 4.69) is 43.4 Å². The number of nitrogens with zero attached hydrogens (tertiary/aromatic N) is 1. The van der Waals surface area contributed by atoms with Crippen molar-refractivity contribution < 1.29 is 14.4 Å². The molecule has 1 saturated heterocycles. The molecule has 3 rings (SSSR count). The van der Waals surface area contributed by atoms with Gasteiger partial charge in [-0.05, 0) is 43.2 Å². The minimum absolute atomic E-state index is 0.0729. The number of hydrogen-bond donors (Lipinski definition) is 1. The van der Waals surface area contributed by atoms with Gasteiger partial charge in [0, 0.05) is 13.0 Å². The topological polar surface area (TPSA) is 66.5 Å². The highest BCUT2D eigenvalue weighted by atomic mass is 16.2. The normalized spacial score (nSPS) is 23.1. The van der Waals surface area contributed by atoms with Gasteiger partial charge in [-0.25, -0.2) is 0 Å². The third-order valence-electron chi connectivity index (χ3n) is 6.00. The molecule has 1 aromatic carbocycles. The van der Waals surface area contributed by atoms with Gasteiger partial charge in [0.05, 0.1) is 17.9 Å². The average molecular weight is 385 g/mol. The molecule has 0 radical (unpaired) electrons. The molecule has 1 heterocycles. The molecule has 3 amide bonds. The van der Waals surface area contributed by atoms with Gasteiger partial charge in [0.2, 0.25) is 17.7 Å². The van der Waals surface area contributed by atoms with Crippen molar-refractivity contribution in [3.05, 3.63) is 35.4 Å². The van der Waals surface area contributed by atoms with Gasteiger partial charge in [-0.3, -0.25) is 19.3 Å². The SMILES string of the molecule is CC(C)Cc1ccc([C@H](C)NC(=O)CCN2C(=O)[C@H]3CCCC[C@H]3C2=O)cc1. The van der Waals surface area contributed by atoms with Crippen LogP contribution in [0.2, 0.25) is 0 Å². The number of carbonyl (C=O) groups excluding carboxylic acids is 3. The summed E-state index contributed by atoms with van der Waals surface area (Å²) in [5.41, 5.74) is 2.35. The van der Waals surface area contributed by atoms with E-state index in [1.165, 1.54) is 10.5 Å². The van der Waals surface area contributed by atoms with Crippen LogP contribution in [0.4, 0.5) is 0 Å². The molecule has 0 unspecified atom stereocenters. The molecule has 3 atom stereocenters. The first kappa shape index (κ1) is 20.6. The zero-order chi connectivity index (χ0) is 20.3. The first-order valence-corrected chi connectivity index (χ1v) is 10.6. The van der Waals surface area contributed by atoms with Gasteiger partial charge in [-0.15, -0.1) is 0 Å². The van der Waals surface area contributed by atoms with Crippen molar-refractivity contribution in [2.24, 2.45) is 17.8 Å². The molecule has 0 bridgehead atoms. The molecule has 1 saturated carbocycles. The van der Waals surface area contributed by atoms with E-state index in [-0.39, 0.29) is 48.6 Å². The van der Waals surface area contributed by atoms with Crippen LogP contribution >= 0.6 is 0 Å². The van der Waals surface area contributed by atoms with Gasteiger partial charge in [0.15, 0.2) is 0 Å². The first-order valence-electron chi connectivity index (χ1n) is 10.6. The molecule has 5 nitrogen and oxygen atoms in total. The molecule has 28 heavy (non-hydrogen) atoms. The van der Waals surface area contributed by atoms with Crippen LogP contribution in [0.25, 0.3) is 0 Å². The highest BCUT2D eigenvalue weighted by Gasteiger charge is 2.47. The van der Waals surface area contributed by atoms with E-state index >= 15 is 0 Å². The van der Waals surface area contributed by atoms with Crippen LogP contribution in [-0.4, -0.2) is 29.2 Å². The average Bonchev–Trinajstić information content (AvgIpc) is 2.91. The fourth-order valence-electron chi connectivity index (χ4n) is 4.48. The maximum Gasteiger partial charge on any atom is 0.233 e. The number of amides is 3. The minimum atomic E-state index is -0.146. The molecule has 2 fully saturated rings. The molecule has 0 aromatic heterocycles. The van der Waals surface area contributed by atoms with Crippen molar-refractivity contribution in [1.29, 1.82) is 0 Å². The largest absolute Gasteiger partial charge is 0.350 e. The molecule has 2 aliphatic rings. The molecule has 5 heteroatoms. The Bertz CT molecular complexity index is 702. The Balaban J connectivity index is 1.50. The van der Waals surface area contributed by atoms with Crippen LogP contribution in [0.5, 0.6) is 0 Å². The summed E-state index contributed by atoms with van der Waals surface area (Å²) >= 11 is 0. The Hall–Kier alpha value is -2.17. The summed E-state index contributed by atoms with van der Waals surface area (Å²) in [6, 6.07) is 8.23. The maximum absolute atomic E-state index is 12.5. The first-order chi connectivity index (χ1) is 13.4. The zero-order valence-electron chi connectivity index (χ0n) is 17.2. The van der Waals surface area contributed by atoms with Crippen LogP contribution in [0.3, 0.4) is 0 Å². The van der Waals surface area contributed by atoms with Crippen molar-refractivity contribution in [3.63, 3.8) is 0 Å². The van der Waals surface area contributed by atoms with E-state index in [1.807, 2.05) is 6.92 Å². The van der Waals surface area contributed by atoms with Gasteiger partial charge in [-0.1, -0.05) is 51.0 Å². The summed E-state index contributed by atoms with van der Waals surface area (Å²) in [5, 5.41) is 2.98. The fraction of sp³-hybridized carbons (Fsp3) is 0.609. The fourth-order valence-corrected chi connectivity index (χ4v) is 4.48. The second-order valence-corrected chi connectivity index (χ2v) is 8.70. The van der Waals surface area contributed by atoms with E-state index in [1.54, 1.807) is 0 Å². The molecule has 152 valence electrons. The standard InChI is InChI=1S/C23H32N2O3/c1-15(2)14-17-8-10-18(11-9-17)16(3)24-21(26)12-13-25-22(27)19-6-4-5-7-20(19)23(25)28/h8-11,15-16,19-20H,4-7,12-14H2,1-3H3,(H,24,26)/t16-,19-,20+/m0/s1. The second-order valence-electron chi connectivity index (χ2n) is 8.70. The summed E-state index contributed by atoms with van der Waals surface area (Å²) in [4.78, 5) is 38.7. The molecule has 1 aliphatic heterocycles. The second kappa shape index (κ2) is 8.89. The number of rotatable bonds is 7. The Labute approximate surface area is 167 Å². The van der Waals surface area contributed by atoms with Crippen molar-refractivity contribution in [2.75, 3.05) is 6.54 Å². The number of imide groups is 1. The van der Waals surface area contributed by atoms with E-state index in [0.29, 0.717) is 5.92 Å². The number of benzene rings is 1. The van der Waals surface area contributed by atoms with E-state index in [0.717, 1.165) is 37.7 Å². The highest BCUT2D eigenvalue weighted by molar-refractivity contribution is 6.05. The lowest BCUT2D eigenvalue weighted by atomic mass is 9.81. The summed E-state index contributed by atoms with van der Waals surface area (Å²) in [7, 11) is 0. The van der Waals surface area contributed by atoms with Gasteiger partial charge in [0.1, 0.15) is 0 Å². The van der Waals surface area contributed by atoms with Gasteiger partial charge >= 0.3 is 0 Å². The number of nitrogens with one attached hydrogen (secondary N) is 1. The lowest BCUT2D eigenvalue weighted by Gasteiger charge is -2.19. The van der Waals surface area contributed by atoms with Crippen LogP contribution in [-0.2, 0) is 20.8 Å². The Morgan fingerprint density at radius 1 is 1.04 bits per heavy atom. The van der Waals surface area contributed by atoms with Crippen LogP contribution in [0, 0.1) is 17.8 Å². The smallest absolute Gasteiger partial charge is 0.233 e. The quantitative estimate of drug-likeness (QED) is 0.730. The summed E-state index contributed by atoms with van der Waals surface area (Å²) in [5.74, 6) is 0.0461. The third kappa shape index (κ3) is 4.62. The number of hydrogen-bond acceptors (Lipinski definition) is 3. The third-order valence-corrected chi connectivity index (χ3v) is 6.00. The van der Waals surface area contributed by atoms with Crippen molar-refractivity contribution in [2.45, 2.75) is 65.3 Å². The van der Waals surface area contributed by atoms with Crippen molar-refractivity contribution in [1.82, 2.24) is 10.2 Å². The Morgan fingerprint density at radius 2 is 1.61 bits per heavy atom. The molecule has 0 spiro atoms. The number of fused-ring (bicyclic) bond motifs is 1. The van der Waals surface area contributed by atoms with Gasteiger partial charge in [-0.2, -0.15) is 0 Å². The van der Waals surface area contributed by atoms with Gasteiger partial charge < -0.3 is 5.32 Å². The van der Waals surface area contributed by atoms with E-state index in [4.69, 9.17) is 0 Å². The van der Waals surface area contributed by atoms with Crippen LogP contribution < -0.4 is 5.32 Å². The molecular formula is C23H32N2O3. The predicted octanol–water partition coefficient (Wildman–Crippen LogP) is 3.63. The molecule has 1 aliphatic carbocycles. The van der Waals surface area contributed by atoms with Gasteiger partial charge in [0.25, 0.3) is 0 Å². The number of carbonyl (C=O) groups is 3. The lowest BCUT2D eigenvalue weighted by Crippen LogP contribution is -2.36. The van der Waals surface area contributed by atoms with Crippen molar-refractivity contribution >= 4 is 17.7 Å². The molecule has 1 N–H and O–H groups in total. The van der Waals surface area contributed by atoms with Crippen LogP contribution in [0.15, 0.2) is 24.3 Å². The maximum atomic E-state index is 12.5. The van der Waals surface area contributed by atoms with E-state index in [9.17, 15) is 14.4 Å². The molecular weight excluding hydrogens is 352 g/mol. The summed E-state index contributed by atoms with van der Waals surface area (Å²) < 4.78 is 0.